The Morgan fingerprint density at radius 1 is 0.935 bits per heavy atom. The average molecular weight is 431 g/mol. The van der Waals surface area contributed by atoms with Gasteiger partial charge in [0.15, 0.2) is 0 Å². The van der Waals surface area contributed by atoms with Crippen LogP contribution in [-0.4, -0.2) is 53.9 Å². The average Bonchev–Trinajstić information content (AvgIpc) is 2.73. The van der Waals surface area contributed by atoms with Gasteiger partial charge in [-0.1, -0.05) is 48.5 Å². The van der Waals surface area contributed by atoms with E-state index in [1.165, 1.54) is 5.56 Å². The van der Waals surface area contributed by atoms with Gasteiger partial charge in [-0.3, -0.25) is 4.79 Å². The summed E-state index contributed by atoms with van der Waals surface area (Å²) in [5, 5.41) is 20.9. The van der Waals surface area contributed by atoms with Crippen LogP contribution in [0.2, 0.25) is 0 Å². The first-order chi connectivity index (χ1) is 14.8. The molecular formula is C23H30N2O6. The van der Waals surface area contributed by atoms with Crippen molar-refractivity contribution >= 4 is 23.5 Å². The fourth-order valence-corrected chi connectivity index (χ4v) is 2.52. The number of amides is 1. The molecule has 1 amide bonds. The summed E-state index contributed by atoms with van der Waals surface area (Å²) in [4.78, 5) is 30.4. The third-order valence-corrected chi connectivity index (χ3v) is 3.95. The Morgan fingerprint density at radius 3 is 2.16 bits per heavy atom. The van der Waals surface area contributed by atoms with Crippen molar-refractivity contribution in [3.63, 3.8) is 0 Å². The molecule has 2 aromatic rings. The van der Waals surface area contributed by atoms with Crippen molar-refractivity contribution in [1.82, 2.24) is 5.32 Å². The van der Waals surface area contributed by atoms with Gasteiger partial charge in [-0.05, 0) is 50.4 Å². The number of para-hydroxylation sites is 1. The van der Waals surface area contributed by atoms with Gasteiger partial charge < -0.3 is 25.6 Å². The lowest BCUT2D eigenvalue weighted by molar-refractivity contribution is -0.159. The predicted molar refractivity (Wildman–Crippen MR) is 118 cm³/mol. The van der Waals surface area contributed by atoms with Crippen LogP contribution in [0.5, 0.6) is 0 Å². The number of hydrogen-bond acceptors (Lipinski definition) is 5. The number of aliphatic carboxylic acids is 2. The Morgan fingerprint density at radius 2 is 1.55 bits per heavy atom. The molecule has 0 fully saturated rings. The molecule has 0 aliphatic rings. The van der Waals surface area contributed by atoms with E-state index in [0.717, 1.165) is 30.6 Å². The highest BCUT2D eigenvalue weighted by atomic mass is 16.5. The second-order valence-corrected chi connectivity index (χ2v) is 6.93. The number of nitrogens with one attached hydrogen (secondary N) is 2. The fourth-order valence-electron chi connectivity index (χ4n) is 2.52. The maximum atomic E-state index is 12.2. The molecule has 31 heavy (non-hydrogen) atoms. The molecule has 8 heteroatoms. The van der Waals surface area contributed by atoms with E-state index in [1.54, 1.807) is 0 Å². The second-order valence-electron chi connectivity index (χ2n) is 6.93. The standard InChI is InChI=1S/C21H28N2O2.C2H2O4/c1-17(2)25-14-8-13-22-16-21(24)23-20-12-7-6-11-19(20)15-18-9-4-3-5-10-18;3-1(4)2(5)6/h3-7,9-12,17,22H,8,13-16H2,1-2H3,(H,23,24);(H,3,4)(H,5,6). The summed E-state index contributed by atoms with van der Waals surface area (Å²) in [5.74, 6) is -3.67. The van der Waals surface area contributed by atoms with Gasteiger partial charge in [0.25, 0.3) is 0 Å². The molecule has 168 valence electrons. The number of benzene rings is 2. The first-order valence-electron chi connectivity index (χ1n) is 9.99. The minimum Gasteiger partial charge on any atom is -0.473 e. The molecule has 8 nitrogen and oxygen atoms in total. The lowest BCUT2D eigenvalue weighted by atomic mass is 10.0. The van der Waals surface area contributed by atoms with Gasteiger partial charge in [0.05, 0.1) is 12.6 Å². The van der Waals surface area contributed by atoms with E-state index in [4.69, 9.17) is 24.5 Å². The number of ether oxygens (including phenoxy) is 1. The van der Waals surface area contributed by atoms with Crippen molar-refractivity contribution in [2.75, 3.05) is 25.0 Å². The van der Waals surface area contributed by atoms with Gasteiger partial charge in [0.1, 0.15) is 0 Å². The topological polar surface area (TPSA) is 125 Å². The zero-order valence-electron chi connectivity index (χ0n) is 17.8. The molecule has 0 saturated heterocycles. The number of hydrogen-bond donors (Lipinski definition) is 4. The van der Waals surface area contributed by atoms with Crippen LogP contribution in [0, 0.1) is 0 Å². The van der Waals surface area contributed by atoms with E-state index in [-0.39, 0.29) is 12.0 Å². The number of rotatable bonds is 10. The summed E-state index contributed by atoms with van der Waals surface area (Å²) < 4.78 is 5.48. The van der Waals surface area contributed by atoms with Crippen molar-refractivity contribution in [3.8, 4) is 0 Å². The summed E-state index contributed by atoms with van der Waals surface area (Å²) in [6.07, 6.45) is 1.96. The van der Waals surface area contributed by atoms with Crippen LogP contribution < -0.4 is 10.6 Å². The highest BCUT2D eigenvalue weighted by molar-refractivity contribution is 6.27. The van der Waals surface area contributed by atoms with Crippen LogP contribution in [0.15, 0.2) is 54.6 Å². The molecule has 4 N–H and O–H groups in total. The summed E-state index contributed by atoms with van der Waals surface area (Å²) in [5.41, 5.74) is 3.22. The molecule has 0 aliphatic carbocycles. The minimum atomic E-state index is -1.82. The molecule has 0 bridgehead atoms. The maximum absolute atomic E-state index is 12.2. The van der Waals surface area contributed by atoms with Crippen LogP contribution in [0.3, 0.4) is 0 Å². The monoisotopic (exact) mass is 430 g/mol. The smallest absolute Gasteiger partial charge is 0.414 e. The largest absolute Gasteiger partial charge is 0.473 e. The molecule has 0 aromatic heterocycles. The van der Waals surface area contributed by atoms with Gasteiger partial charge in [-0.2, -0.15) is 0 Å². The molecule has 0 heterocycles. The predicted octanol–water partition coefficient (Wildman–Crippen LogP) is 2.78. The molecule has 0 aliphatic heterocycles. The van der Waals surface area contributed by atoms with Gasteiger partial charge in [0.2, 0.25) is 5.91 Å². The normalized spacial score (nSPS) is 10.2. The zero-order chi connectivity index (χ0) is 23.1. The highest BCUT2D eigenvalue weighted by Crippen LogP contribution is 2.18. The van der Waals surface area contributed by atoms with Crippen LogP contribution >= 0.6 is 0 Å². The molecule has 0 unspecified atom stereocenters. The van der Waals surface area contributed by atoms with Crippen molar-refractivity contribution in [1.29, 1.82) is 0 Å². The molecule has 0 radical (unpaired) electrons. The van der Waals surface area contributed by atoms with Gasteiger partial charge in [-0.25, -0.2) is 9.59 Å². The minimum absolute atomic E-state index is 0.0229. The van der Waals surface area contributed by atoms with E-state index in [1.807, 2.05) is 50.2 Å². The number of carboxylic acids is 2. The Labute approximate surface area is 182 Å². The van der Waals surface area contributed by atoms with Gasteiger partial charge in [0, 0.05) is 12.3 Å². The van der Waals surface area contributed by atoms with E-state index in [2.05, 4.69) is 28.8 Å². The number of carbonyl (C=O) groups excluding carboxylic acids is 1. The summed E-state index contributed by atoms with van der Waals surface area (Å²) >= 11 is 0. The quantitative estimate of drug-likeness (QED) is 0.337. The van der Waals surface area contributed by atoms with Crippen LogP contribution in [0.25, 0.3) is 0 Å². The Bertz CT molecular complexity index is 812. The van der Waals surface area contributed by atoms with Crippen LogP contribution in [0.4, 0.5) is 5.69 Å². The zero-order valence-corrected chi connectivity index (χ0v) is 17.8. The number of carboxylic acid groups (broad SMARTS) is 2. The molecule has 0 saturated carbocycles. The van der Waals surface area contributed by atoms with E-state index in [0.29, 0.717) is 13.2 Å². The molecule has 2 rings (SSSR count). The van der Waals surface area contributed by atoms with Crippen molar-refractivity contribution in [3.05, 3.63) is 65.7 Å². The summed E-state index contributed by atoms with van der Waals surface area (Å²) in [6.45, 7) is 5.83. The number of carbonyl (C=O) groups is 3. The second kappa shape index (κ2) is 14.7. The van der Waals surface area contributed by atoms with Crippen molar-refractivity contribution < 1.29 is 29.3 Å². The van der Waals surface area contributed by atoms with Gasteiger partial charge in [-0.15, -0.1) is 0 Å². The van der Waals surface area contributed by atoms with E-state index >= 15 is 0 Å². The lowest BCUT2D eigenvalue weighted by Crippen LogP contribution is -2.29. The third-order valence-electron chi connectivity index (χ3n) is 3.95. The van der Waals surface area contributed by atoms with Crippen LogP contribution in [-0.2, 0) is 25.5 Å². The fraction of sp³-hybridized carbons (Fsp3) is 0.348. The van der Waals surface area contributed by atoms with Crippen molar-refractivity contribution in [2.45, 2.75) is 32.8 Å². The lowest BCUT2D eigenvalue weighted by Gasteiger charge is -2.12. The number of anilines is 1. The van der Waals surface area contributed by atoms with E-state index < -0.39 is 11.9 Å². The molecule has 2 aromatic carbocycles. The van der Waals surface area contributed by atoms with Crippen LogP contribution in [0.1, 0.15) is 31.4 Å². The van der Waals surface area contributed by atoms with Crippen molar-refractivity contribution in [2.24, 2.45) is 0 Å². The maximum Gasteiger partial charge on any atom is 0.414 e. The first-order valence-corrected chi connectivity index (χ1v) is 9.99. The molecule has 0 spiro atoms. The van der Waals surface area contributed by atoms with Gasteiger partial charge >= 0.3 is 11.9 Å². The Kier molecular flexibility index (Phi) is 12.2. The van der Waals surface area contributed by atoms with E-state index in [9.17, 15) is 4.79 Å². The Hall–Kier alpha value is -3.23. The Balaban J connectivity index is 0.000000703. The SMILES string of the molecule is CC(C)OCCCNCC(=O)Nc1ccccc1Cc1ccccc1.O=C(O)C(=O)O. The summed E-state index contributed by atoms with van der Waals surface area (Å²) in [7, 11) is 0. The third kappa shape index (κ3) is 12.1. The first kappa shape index (κ1) is 25.8. The summed E-state index contributed by atoms with van der Waals surface area (Å²) in [6, 6.07) is 18.2. The molecular weight excluding hydrogens is 400 g/mol. The molecule has 0 atom stereocenters. The highest BCUT2D eigenvalue weighted by Gasteiger charge is 2.07.